The van der Waals surface area contributed by atoms with Gasteiger partial charge in [0.1, 0.15) is 0 Å². The summed E-state index contributed by atoms with van der Waals surface area (Å²) < 4.78 is 261. The van der Waals surface area contributed by atoms with E-state index in [0.717, 1.165) is 0 Å². The maximum absolute atomic E-state index is 13.3. The van der Waals surface area contributed by atoms with Crippen LogP contribution in [0.25, 0.3) is 0 Å². The molecule has 0 aromatic heterocycles. The van der Waals surface area contributed by atoms with Crippen molar-refractivity contribution in [3.8, 4) is 0 Å². The van der Waals surface area contributed by atoms with E-state index in [0.29, 0.717) is 0 Å². The van der Waals surface area contributed by atoms with Gasteiger partial charge in [-0.15, -0.1) is 0 Å². The van der Waals surface area contributed by atoms with Crippen molar-refractivity contribution in [2.24, 2.45) is 0 Å². The third-order valence-corrected chi connectivity index (χ3v) is 4.35. The molecule has 0 amide bonds. The molecule has 2 atom stereocenters. The maximum Gasteiger partial charge on any atom is 0.384 e. The van der Waals surface area contributed by atoms with Gasteiger partial charge in [-0.1, -0.05) is 0 Å². The van der Waals surface area contributed by atoms with Gasteiger partial charge in [-0.05, 0) is 0 Å². The van der Waals surface area contributed by atoms with E-state index in [1.54, 1.807) is 0 Å². The molecule has 4 nitrogen and oxygen atoms in total. The highest BCUT2D eigenvalue weighted by Crippen LogP contribution is 2.63. The summed E-state index contributed by atoms with van der Waals surface area (Å²) in [5.74, 6) is -58.9. The van der Waals surface area contributed by atoms with Crippen molar-refractivity contribution in [3.05, 3.63) is 0 Å². The smallest absolute Gasteiger partial charge is 0.344 e. The van der Waals surface area contributed by atoms with E-state index in [1.165, 1.54) is 0 Å². The van der Waals surface area contributed by atoms with Crippen LogP contribution in [-0.4, -0.2) is 72.5 Å². The Hall–Kier alpha value is -1.39. The van der Waals surface area contributed by atoms with Gasteiger partial charge in [-0.25, -0.2) is 17.6 Å². The first kappa shape index (κ1) is 33.8. The zero-order valence-corrected chi connectivity index (χ0v) is 15.2. The third kappa shape index (κ3) is 4.50. The lowest BCUT2D eigenvalue weighted by Gasteiger charge is -2.43. The molecule has 23 heteroatoms. The Kier molecular flexibility index (Phi) is 8.88. The van der Waals surface area contributed by atoms with Crippen LogP contribution in [0.2, 0.25) is 0 Å². The van der Waals surface area contributed by atoms with Crippen LogP contribution < -0.4 is 6.15 Å². The summed E-state index contributed by atoms with van der Waals surface area (Å²) in [5, 5.41) is 0. The van der Waals surface area contributed by atoms with Gasteiger partial charge in [0.15, 0.2) is 0 Å². The second-order valence-electron chi connectivity index (χ2n) is 5.69. The number of hydrogen-bond donors (Lipinski definition) is 2. The molecule has 0 aliphatic heterocycles. The van der Waals surface area contributed by atoms with Crippen LogP contribution in [0.1, 0.15) is 0 Å². The van der Waals surface area contributed by atoms with Crippen LogP contribution in [0.3, 0.4) is 0 Å². The average Bonchev–Trinajstić information content (AvgIpc) is 2.58. The minimum Gasteiger partial charge on any atom is -0.344 e. The molecule has 0 fully saturated rings. The summed E-state index contributed by atoms with van der Waals surface area (Å²) in [6, 6.07) is 0. The lowest BCUT2D eigenvalue weighted by Crippen LogP contribution is -2.75. The summed E-state index contributed by atoms with van der Waals surface area (Å²) >= 11 is 0. The Labute approximate surface area is 169 Å². The first-order valence-corrected chi connectivity index (χ1v) is 8.18. The van der Waals surface area contributed by atoms with E-state index in [2.05, 4.69) is 0 Å². The zero-order valence-electron chi connectivity index (χ0n) is 14.4. The summed E-state index contributed by atoms with van der Waals surface area (Å²) in [6.07, 6.45) is -11.2. The number of halogens is 18. The molecule has 2 unspecified atom stereocenters. The fourth-order valence-electron chi connectivity index (χ4n) is 1.67. The molecule has 0 heterocycles. The highest BCUT2D eigenvalue weighted by Gasteiger charge is 2.94. The lowest BCUT2D eigenvalue weighted by molar-refractivity contribution is -0.446. The average molecular weight is 563 g/mol. The first-order chi connectivity index (χ1) is 13.5. The Morgan fingerprint density at radius 2 is 0.758 bits per heavy atom. The molecule has 0 radical (unpaired) electrons. The second-order valence-corrected chi connectivity index (χ2v) is 7.13. The molecule has 0 aliphatic rings. The van der Waals surface area contributed by atoms with Gasteiger partial charge < -0.3 is 6.15 Å². The number of alkyl halides is 18. The Morgan fingerprint density at radius 1 is 0.515 bits per heavy atom. The van der Waals surface area contributed by atoms with Crippen LogP contribution in [-0.2, 0) is 10.1 Å². The first-order valence-electron chi connectivity index (χ1n) is 6.68. The number of rotatable bonds is 10. The summed E-state index contributed by atoms with van der Waals surface area (Å²) in [5.41, 5.74) is -6.00. The van der Waals surface area contributed by atoms with Crippen LogP contribution in [0.15, 0.2) is 0 Å². The van der Waals surface area contributed by atoms with Gasteiger partial charge in [0.25, 0.3) is 11.9 Å². The molecule has 0 bridgehead atoms. The third-order valence-electron chi connectivity index (χ3n) is 3.53. The molecule has 0 saturated carbocycles. The SMILES string of the molecule is N.O=S(=O)(O)C(F)C(F)(F)C(F)(F)C(F)(F)C(F)(F)C(F)(F)C(F)(F)C(F)(F)C(F)C(F)F. The monoisotopic (exact) mass is 563 g/mol. The van der Waals surface area contributed by atoms with E-state index in [-0.39, 0.29) is 6.15 Å². The normalized spacial score (nSPS) is 17.6. The van der Waals surface area contributed by atoms with Gasteiger partial charge in [0, 0.05) is 0 Å². The quantitative estimate of drug-likeness (QED) is 0.276. The highest BCUT2D eigenvalue weighted by atomic mass is 32.2. The largest absolute Gasteiger partial charge is 0.384 e. The van der Waals surface area contributed by atoms with Crippen molar-refractivity contribution < 1.29 is 92.0 Å². The van der Waals surface area contributed by atoms with Gasteiger partial charge in [-0.3, -0.25) is 4.55 Å². The van der Waals surface area contributed by atoms with Crippen molar-refractivity contribution in [1.29, 1.82) is 0 Å². The molecule has 0 aliphatic carbocycles. The van der Waals surface area contributed by atoms with Crippen molar-refractivity contribution in [2.75, 3.05) is 0 Å². The van der Waals surface area contributed by atoms with E-state index < -0.39 is 69.7 Å². The minimum absolute atomic E-state index is 0. The molecular weight excluding hydrogens is 556 g/mol. The molecule has 33 heavy (non-hydrogen) atoms. The minimum atomic E-state index is -8.87. The predicted octanol–water partition coefficient (Wildman–Crippen LogP) is 5.38. The second kappa shape index (κ2) is 8.68. The van der Waals surface area contributed by atoms with Gasteiger partial charge in [0.05, 0.1) is 0 Å². The zero-order chi connectivity index (χ0) is 26.7. The summed E-state index contributed by atoms with van der Waals surface area (Å²) in [7, 11) is -7.22. The molecule has 202 valence electrons. The molecule has 0 saturated heterocycles. The van der Waals surface area contributed by atoms with Gasteiger partial charge in [-0.2, -0.15) is 69.9 Å². The summed E-state index contributed by atoms with van der Waals surface area (Å²) in [4.78, 5) is 0. The topological polar surface area (TPSA) is 89.4 Å². The molecule has 4 N–H and O–H groups in total. The van der Waals surface area contributed by atoms with E-state index in [4.69, 9.17) is 4.55 Å². The lowest BCUT2D eigenvalue weighted by atomic mass is 9.88. The Bertz CT molecular complexity index is 795. The van der Waals surface area contributed by atoms with Crippen LogP contribution in [0.4, 0.5) is 79.0 Å². The fraction of sp³-hybridized carbons (Fsp3) is 1.00. The highest BCUT2D eigenvalue weighted by molar-refractivity contribution is 7.86. The molecule has 0 aromatic rings. The van der Waals surface area contributed by atoms with Gasteiger partial charge >= 0.3 is 51.6 Å². The Morgan fingerprint density at radius 3 is 1.00 bits per heavy atom. The summed E-state index contributed by atoms with van der Waals surface area (Å²) in [6.45, 7) is 0. The van der Waals surface area contributed by atoms with Crippen molar-refractivity contribution in [3.63, 3.8) is 0 Å². The predicted molar refractivity (Wildman–Crippen MR) is 67.0 cm³/mol. The maximum atomic E-state index is 13.3. The van der Waals surface area contributed by atoms with E-state index >= 15 is 0 Å². The van der Waals surface area contributed by atoms with Crippen molar-refractivity contribution in [1.82, 2.24) is 6.15 Å². The standard InChI is InChI=1S/C10H4F18O3S.H3N/c11-1(2(12)13)4(15,16)6(19,20)8(23,24)10(27,28)9(25,26)7(21,22)5(17,18)3(14)32(29,30)31;/h1-3H,(H,29,30,31);1H3. The van der Waals surface area contributed by atoms with Gasteiger partial charge in [0.2, 0.25) is 6.17 Å². The van der Waals surface area contributed by atoms with Crippen molar-refractivity contribution >= 4 is 10.1 Å². The van der Waals surface area contributed by atoms with Crippen LogP contribution in [0, 0.1) is 0 Å². The van der Waals surface area contributed by atoms with Crippen molar-refractivity contribution in [2.45, 2.75) is 59.6 Å². The molecular formula is C10H7F18NO3S. The molecule has 0 aromatic carbocycles. The Balaban J connectivity index is 0. The molecule has 0 rings (SSSR count). The van der Waals surface area contributed by atoms with E-state index in [9.17, 15) is 87.4 Å². The molecule has 0 spiro atoms. The van der Waals surface area contributed by atoms with Crippen LogP contribution >= 0.6 is 0 Å². The number of hydrogen-bond acceptors (Lipinski definition) is 3. The van der Waals surface area contributed by atoms with Crippen LogP contribution in [0.5, 0.6) is 0 Å². The fourth-order valence-corrected chi connectivity index (χ4v) is 2.19. The van der Waals surface area contributed by atoms with E-state index in [1.807, 2.05) is 0 Å².